The summed E-state index contributed by atoms with van der Waals surface area (Å²) in [6, 6.07) is 2.27. The highest BCUT2D eigenvalue weighted by Gasteiger charge is 2.41. The van der Waals surface area contributed by atoms with Gasteiger partial charge in [-0.15, -0.1) is 0 Å². The van der Waals surface area contributed by atoms with E-state index in [2.05, 4.69) is 11.0 Å². The van der Waals surface area contributed by atoms with Gasteiger partial charge in [0, 0.05) is 30.8 Å². The molecule has 1 aromatic heterocycles. The lowest BCUT2D eigenvalue weighted by Crippen LogP contribution is -2.49. The lowest BCUT2D eigenvalue weighted by atomic mass is 10.0. The molecule has 114 valence electrons. The summed E-state index contributed by atoms with van der Waals surface area (Å²) >= 11 is 0. The second-order valence-corrected chi connectivity index (χ2v) is 6.27. The van der Waals surface area contributed by atoms with Gasteiger partial charge >= 0.3 is 0 Å². The van der Waals surface area contributed by atoms with Crippen LogP contribution in [0.2, 0.25) is 0 Å². The Kier molecular flexibility index (Phi) is 3.36. The number of hydrogen-bond donors (Lipinski definition) is 1. The predicted molar refractivity (Wildman–Crippen MR) is 80.2 cm³/mol. The highest BCUT2D eigenvalue weighted by Crippen LogP contribution is 2.34. The maximum absolute atomic E-state index is 5.97. The molecule has 2 N–H and O–H groups in total. The van der Waals surface area contributed by atoms with Crippen LogP contribution in [0.1, 0.15) is 36.1 Å². The molecule has 0 unspecified atom stereocenters. The number of aryl methyl sites for hydroxylation is 2. The molecule has 2 fully saturated rings. The molecule has 0 amide bonds. The molecule has 1 aliphatic carbocycles. The molecule has 4 rings (SSSR count). The summed E-state index contributed by atoms with van der Waals surface area (Å²) in [5.41, 5.74) is 9.77. The third-order valence-electron chi connectivity index (χ3n) is 4.86. The van der Waals surface area contributed by atoms with E-state index >= 15 is 0 Å². The molecule has 0 saturated carbocycles. The fraction of sp³-hybridized carbons (Fsp3) is 0.688. The molecule has 1 aromatic rings. The Bertz CT molecular complexity index is 541. The lowest BCUT2D eigenvalue weighted by molar-refractivity contribution is -0.161. The van der Waals surface area contributed by atoms with Crippen LogP contribution in [0, 0.1) is 0 Å². The van der Waals surface area contributed by atoms with Crippen LogP contribution in [0.5, 0.6) is 0 Å². The monoisotopic (exact) mass is 289 g/mol. The van der Waals surface area contributed by atoms with E-state index in [0.717, 1.165) is 50.2 Å². The minimum Gasteiger partial charge on any atom is -0.351 e. The number of hydrogen-bond acceptors (Lipinski definition) is 5. The third kappa shape index (κ3) is 2.33. The molecule has 5 nitrogen and oxygen atoms in total. The van der Waals surface area contributed by atoms with Crippen LogP contribution in [0.15, 0.2) is 6.07 Å². The fourth-order valence-electron chi connectivity index (χ4n) is 3.83. The zero-order chi connectivity index (χ0) is 14.3. The second kappa shape index (κ2) is 5.23. The van der Waals surface area contributed by atoms with Crippen molar-refractivity contribution in [2.45, 2.75) is 44.4 Å². The second-order valence-electron chi connectivity index (χ2n) is 6.27. The first-order valence-electron chi connectivity index (χ1n) is 8.04. The van der Waals surface area contributed by atoms with Crippen molar-refractivity contribution in [3.8, 4) is 0 Å². The zero-order valence-electron chi connectivity index (χ0n) is 12.4. The lowest BCUT2D eigenvalue weighted by Gasteiger charge is -2.40. The van der Waals surface area contributed by atoms with E-state index in [1.54, 1.807) is 0 Å². The van der Waals surface area contributed by atoms with Crippen molar-refractivity contribution in [3.63, 3.8) is 0 Å². The molecule has 0 atom stereocenters. The average Bonchev–Trinajstić information content (AvgIpc) is 3.15. The highest BCUT2D eigenvalue weighted by molar-refractivity contribution is 5.51. The molecule has 0 aromatic carbocycles. The first-order chi connectivity index (χ1) is 10.3. The van der Waals surface area contributed by atoms with Gasteiger partial charge in [-0.05, 0) is 37.3 Å². The maximum Gasteiger partial charge on any atom is 0.186 e. The number of pyridine rings is 1. The quantitative estimate of drug-likeness (QED) is 0.891. The van der Waals surface area contributed by atoms with Crippen molar-refractivity contribution in [2.75, 3.05) is 31.2 Å². The van der Waals surface area contributed by atoms with E-state index in [1.165, 1.54) is 17.7 Å². The van der Waals surface area contributed by atoms with Crippen molar-refractivity contribution >= 4 is 5.82 Å². The molecule has 2 saturated heterocycles. The Labute approximate surface area is 125 Å². The van der Waals surface area contributed by atoms with Crippen molar-refractivity contribution in [2.24, 2.45) is 5.73 Å². The molecular weight excluding hydrogens is 266 g/mol. The number of rotatable bonds is 2. The van der Waals surface area contributed by atoms with Gasteiger partial charge in [-0.2, -0.15) is 0 Å². The van der Waals surface area contributed by atoms with Gasteiger partial charge in [-0.25, -0.2) is 4.98 Å². The van der Waals surface area contributed by atoms with E-state index < -0.39 is 5.79 Å². The maximum atomic E-state index is 5.97. The molecule has 0 bridgehead atoms. The van der Waals surface area contributed by atoms with Crippen LogP contribution in [0.3, 0.4) is 0 Å². The first kappa shape index (κ1) is 13.5. The van der Waals surface area contributed by atoms with E-state index in [0.29, 0.717) is 19.8 Å². The highest BCUT2D eigenvalue weighted by atomic mass is 16.7. The van der Waals surface area contributed by atoms with Crippen LogP contribution in [0.4, 0.5) is 5.82 Å². The summed E-state index contributed by atoms with van der Waals surface area (Å²) < 4.78 is 11.8. The normalized spacial score (nSPS) is 23.8. The van der Waals surface area contributed by atoms with Crippen LogP contribution < -0.4 is 10.6 Å². The number of piperidine rings is 1. The molecule has 21 heavy (non-hydrogen) atoms. The van der Waals surface area contributed by atoms with Gasteiger partial charge in [0.05, 0.1) is 19.8 Å². The Morgan fingerprint density at radius 1 is 1.24 bits per heavy atom. The average molecular weight is 289 g/mol. The smallest absolute Gasteiger partial charge is 0.186 e. The number of ether oxygens (including phenoxy) is 2. The summed E-state index contributed by atoms with van der Waals surface area (Å²) in [4.78, 5) is 7.25. The SMILES string of the molecule is NCc1cc2c(nc1N1CCCC3(C1)OCCO3)CCC2. The van der Waals surface area contributed by atoms with E-state index in [9.17, 15) is 0 Å². The summed E-state index contributed by atoms with van der Waals surface area (Å²) in [6.45, 7) is 3.73. The molecule has 3 heterocycles. The molecule has 2 aliphatic heterocycles. The van der Waals surface area contributed by atoms with E-state index in [-0.39, 0.29) is 0 Å². The molecular formula is C16H23N3O2. The van der Waals surface area contributed by atoms with Gasteiger partial charge in [0.15, 0.2) is 5.79 Å². The summed E-state index contributed by atoms with van der Waals surface area (Å²) in [5.74, 6) is 0.640. The Morgan fingerprint density at radius 2 is 2.10 bits per heavy atom. The van der Waals surface area contributed by atoms with E-state index in [4.69, 9.17) is 20.2 Å². The molecule has 5 heteroatoms. The van der Waals surface area contributed by atoms with Crippen LogP contribution in [0.25, 0.3) is 0 Å². The fourth-order valence-corrected chi connectivity index (χ4v) is 3.83. The number of nitrogens with zero attached hydrogens (tertiary/aromatic N) is 2. The largest absolute Gasteiger partial charge is 0.351 e. The minimum atomic E-state index is -0.412. The summed E-state index contributed by atoms with van der Waals surface area (Å²) in [5, 5.41) is 0. The standard InChI is InChI=1S/C16H23N3O2/c17-10-13-9-12-3-1-4-14(12)18-15(13)19-6-2-5-16(11-19)20-7-8-21-16/h9H,1-8,10-11,17H2. The van der Waals surface area contributed by atoms with Crippen LogP contribution in [-0.2, 0) is 28.9 Å². The topological polar surface area (TPSA) is 60.6 Å². The van der Waals surface area contributed by atoms with Crippen molar-refractivity contribution < 1.29 is 9.47 Å². The minimum absolute atomic E-state index is 0.412. The van der Waals surface area contributed by atoms with Gasteiger partial charge in [-0.1, -0.05) is 0 Å². The zero-order valence-corrected chi connectivity index (χ0v) is 12.4. The first-order valence-corrected chi connectivity index (χ1v) is 8.04. The molecule has 3 aliphatic rings. The molecule has 1 spiro atoms. The van der Waals surface area contributed by atoms with E-state index in [1.807, 2.05) is 0 Å². The van der Waals surface area contributed by atoms with Gasteiger partial charge in [-0.3, -0.25) is 0 Å². The Morgan fingerprint density at radius 3 is 2.90 bits per heavy atom. The number of anilines is 1. The van der Waals surface area contributed by atoms with Gasteiger partial charge < -0.3 is 20.1 Å². The predicted octanol–water partition coefficient (Wildman–Crippen LogP) is 1.37. The van der Waals surface area contributed by atoms with Crippen molar-refractivity contribution in [1.82, 2.24) is 4.98 Å². The van der Waals surface area contributed by atoms with Crippen LogP contribution >= 0.6 is 0 Å². The number of fused-ring (bicyclic) bond motifs is 1. The van der Waals surface area contributed by atoms with Gasteiger partial charge in [0.25, 0.3) is 0 Å². The van der Waals surface area contributed by atoms with Crippen molar-refractivity contribution in [3.05, 3.63) is 22.9 Å². The Balaban J connectivity index is 1.66. The van der Waals surface area contributed by atoms with Crippen molar-refractivity contribution in [1.29, 1.82) is 0 Å². The van der Waals surface area contributed by atoms with Gasteiger partial charge in [0.1, 0.15) is 5.82 Å². The molecule has 0 radical (unpaired) electrons. The number of aromatic nitrogens is 1. The Hall–Kier alpha value is -1.17. The summed E-state index contributed by atoms with van der Waals surface area (Å²) in [6.07, 6.45) is 5.51. The number of nitrogens with two attached hydrogens (primary N) is 1. The van der Waals surface area contributed by atoms with Gasteiger partial charge in [0.2, 0.25) is 0 Å². The van der Waals surface area contributed by atoms with Crippen LogP contribution in [-0.4, -0.2) is 37.1 Å². The summed E-state index contributed by atoms with van der Waals surface area (Å²) in [7, 11) is 0. The third-order valence-corrected chi connectivity index (χ3v) is 4.86.